The molecule has 0 atom stereocenters. The van der Waals surface area contributed by atoms with Crippen molar-refractivity contribution in [2.75, 3.05) is 0 Å². The number of hydrogen-bond donors (Lipinski definition) is 0. The fourth-order valence-electron chi connectivity index (χ4n) is 4.96. The van der Waals surface area contributed by atoms with Crippen molar-refractivity contribution >= 4 is 58.7 Å². The Morgan fingerprint density at radius 2 is 1.24 bits per heavy atom. The van der Waals surface area contributed by atoms with E-state index < -0.39 is 0 Å². The molecule has 2 heteroatoms. The number of benzene rings is 4. The summed E-state index contributed by atoms with van der Waals surface area (Å²) in [5, 5.41) is 5.33. The van der Waals surface area contributed by atoms with Crippen molar-refractivity contribution in [3.8, 4) is 0 Å². The van der Waals surface area contributed by atoms with Crippen LogP contribution in [0.15, 0.2) is 83.9 Å². The Bertz CT molecular complexity index is 1430. The fraction of sp³-hybridized carbons (Fsp3) is 0.219. The maximum absolute atomic E-state index is 3.66. The summed E-state index contributed by atoms with van der Waals surface area (Å²) in [6.07, 6.45) is 9.27. The molecule has 34 heavy (non-hydrogen) atoms. The van der Waals surface area contributed by atoms with Gasteiger partial charge in [0.05, 0.1) is 0 Å². The average molecular weight is 467 g/mol. The predicted octanol–water partition coefficient (Wildman–Crippen LogP) is 7.50. The normalized spacial score (nSPS) is 13.3. The fourth-order valence-corrected chi connectivity index (χ4v) is 6.54. The van der Waals surface area contributed by atoms with Gasteiger partial charge in [0, 0.05) is 0 Å². The van der Waals surface area contributed by atoms with Crippen LogP contribution in [0.3, 0.4) is 0 Å². The van der Waals surface area contributed by atoms with E-state index in [4.69, 9.17) is 0 Å². The van der Waals surface area contributed by atoms with Gasteiger partial charge in [-0.1, -0.05) is 116 Å². The molecule has 0 radical (unpaired) electrons. The minimum Gasteiger partial charge on any atom is -0.182 e. The third kappa shape index (κ3) is 5.05. The van der Waals surface area contributed by atoms with Gasteiger partial charge in [0.1, 0.15) is 0 Å². The van der Waals surface area contributed by atoms with Crippen molar-refractivity contribution < 1.29 is 0 Å². The molecule has 4 aromatic carbocycles. The summed E-state index contributed by atoms with van der Waals surface area (Å²) in [7, 11) is -0.300. The maximum atomic E-state index is 3.66. The second kappa shape index (κ2) is 11.0. The molecule has 0 aromatic heterocycles. The van der Waals surface area contributed by atoms with Crippen molar-refractivity contribution in [3.63, 3.8) is 0 Å². The van der Waals surface area contributed by atoms with E-state index in [1.54, 1.807) is 0 Å². The van der Waals surface area contributed by atoms with Crippen LogP contribution in [0.5, 0.6) is 0 Å². The maximum Gasteiger partial charge on any atom is 2.00 e. The van der Waals surface area contributed by atoms with Crippen molar-refractivity contribution in [2.45, 2.75) is 45.7 Å². The van der Waals surface area contributed by atoms with Gasteiger partial charge in [-0.05, 0) is 8.41 Å². The number of fused-ring (bicyclic) bond motifs is 6. The van der Waals surface area contributed by atoms with Crippen LogP contribution in [0.2, 0.25) is 12.1 Å². The Morgan fingerprint density at radius 1 is 0.706 bits per heavy atom. The summed E-state index contributed by atoms with van der Waals surface area (Å²) >= 11 is 0. The van der Waals surface area contributed by atoms with E-state index in [1.165, 1.54) is 67.0 Å². The molecule has 0 nitrogen and oxygen atoms in total. The van der Waals surface area contributed by atoms with Crippen molar-refractivity contribution in [1.82, 2.24) is 0 Å². The second-order valence-electron chi connectivity index (χ2n) is 9.06. The smallest absolute Gasteiger partial charge is 0.182 e. The number of rotatable bonds is 3. The van der Waals surface area contributed by atoms with E-state index in [0.717, 1.165) is 12.8 Å². The second-order valence-corrected chi connectivity index (χ2v) is 12.1. The molecule has 0 saturated carbocycles. The molecular weight excluding hydrogens is 437 g/mol. The van der Waals surface area contributed by atoms with E-state index in [0.29, 0.717) is 0 Å². The van der Waals surface area contributed by atoms with Crippen LogP contribution in [0.4, 0.5) is 0 Å². The first-order valence-electron chi connectivity index (χ1n) is 12.1. The molecule has 164 valence electrons. The van der Waals surface area contributed by atoms with Crippen molar-refractivity contribution in [1.29, 1.82) is 0 Å². The molecular formula is C32H30MgSi. The largest absolute Gasteiger partial charge is 2.00 e. The van der Waals surface area contributed by atoms with Gasteiger partial charge in [0.25, 0.3) is 0 Å². The zero-order chi connectivity index (χ0) is 22.8. The molecule has 0 heterocycles. The summed E-state index contributed by atoms with van der Waals surface area (Å²) in [6.45, 7) is 6.77. The van der Waals surface area contributed by atoms with Gasteiger partial charge in [-0.2, -0.15) is 11.6 Å². The Morgan fingerprint density at radius 3 is 1.82 bits per heavy atom. The van der Waals surface area contributed by atoms with Crippen molar-refractivity contribution in [3.05, 3.63) is 118 Å². The predicted molar refractivity (Wildman–Crippen MR) is 151 cm³/mol. The minimum atomic E-state index is -0.300. The molecule has 4 aromatic rings. The molecule has 6 rings (SSSR count). The van der Waals surface area contributed by atoms with E-state index >= 15 is 0 Å². The molecule has 0 unspecified atom stereocenters. The van der Waals surface area contributed by atoms with Gasteiger partial charge in [0.15, 0.2) is 0 Å². The Labute approximate surface area is 221 Å². The molecule has 2 aliphatic rings. The molecule has 0 saturated heterocycles. The molecule has 0 bridgehead atoms. The first-order valence-corrected chi connectivity index (χ1v) is 14.1. The summed E-state index contributed by atoms with van der Waals surface area (Å²) in [5.41, 5.74) is 10.8. The quantitative estimate of drug-likeness (QED) is 0.216. The number of hydrogen-bond acceptors (Lipinski definition) is 0. The van der Waals surface area contributed by atoms with Gasteiger partial charge in [-0.15, -0.1) is 63.2 Å². The van der Waals surface area contributed by atoms with E-state index in [9.17, 15) is 0 Å². The topological polar surface area (TPSA) is 0 Å². The summed E-state index contributed by atoms with van der Waals surface area (Å²) < 4.78 is 0. The Balaban J connectivity index is 0.000000163. The molecule has 2 aliphatic carbocycles. The van der Waals surface area contributed by atoms with Gasteiger partial charge >= 0.3 is 23.1 Å². The summed E-state index contributed by atoms with van der Waals surface area (Å²) in [6, 6.07) is 28.7. The first kappa shape index (κ1) is 24.8. The summed E-state index contributed by atoms with van der Waals surface area (Å²) in [4.78, 5) is 0. The molecule has 0 spiro atoms. The van der Waals surface area contributed by atoms with Crippen LogP contribution < -0.4 is 0 Å². The van der Waals surface area contributed by atoms with E-state index in [1.807, 2.05) is 0 Å². The monoisotopic (exact) mass is 466 g/mol. The van der Waals surface area contributed by atoms with Crippen LogP contribution in [-0.2, 0) is 12.8 Å². The molecule has 0 fully saturated rings. The number of allylic oxidation sites excluding steroid dienone is 2. The zero-order valence-electron chi connectivity index (χ0n) is 20.5. The first-order chi connectivity index (χ1) is 16.2. The third-order valence-corrected chi connectivity index (χ3v) is 9.35. The Hall–Kier alpha value is -2.27. The van der Waals surface area contributed by atoms with E-state index in [2.05, 4.69) is 111 Å². The van der Waals surface area contributed by atoms with Crippen LogP contribution in [0, 0.1) is 12.2 Å². The van der Waals surface area contributed by atoms with Gasteiger partial charge < -0.3 is 0 Å². The SMILES string of the molecule is CC1=[C-]c2c(ccc3ccccc23)C1.CC[Si](=CC1=[C-]c2c(ccc3ccccc23)C1)CC.[Mg+2]. The van der Waals surface area contributed by atoms with Crippen LogP contribution in [0.1, 0.15) is 43.0 Å². The van der Waals surface area contributed by atoms with Gasteiger partial charge in [-0.3, -0.25) is 0 Å². The molecule has 0 N–H and O–H groups in total. The van der Waals surface area contributed by atoms with Crippen LogP contribution in [-0.4, -0.2) is 37.1 Å². The van der Waals surface area contributed by atoms with Crippen LogP contribution >= 0.6 is 0 Å². The third-order valence-electron chi connectivity index (χ3n) is 6.78. The standard InChI is InChI=1S/C18H19Si.C14H11.Mg/c1-3-19(4-2)13-14-11-16-10-9-15-7-5-6-8-17(15)18(16)12-14;1-10-8-12-7-6-11-4-2-3-5-13(11)14(12)9-10;/h5-10,13H,3-4,11H2,1-2H3;2-7H,8H2,1H3;/q2*-1;+2. The van der Waals surface area contributed by atoms with Gasteiger partial charge in [0.2, 0.25) is 0 Å². The Kier molecular flexibility index (Phi) is 8.03. The zero-order valence-corrected chi connectivity index (χ0v) is 23.0. The summed E-state index contributed by atoms with van der Waals surface area (Å²) in [5.74, 6) is 0. The van der Waals surface area contributed by atoms with Crippen molar-refractivity contribution in [2.24, 2.45) is 0 Å². The van der Waals surface area contributed by atoms with E-state index in [-0.39, 0.29) is 31.5 Å². The average Bonchev–Trinajstić information content (AvgIpc) is 3.45. The minimum absolute atomic E-state index is 0. The molecule has 0 amide bonds. The van der Waals surface area contributed by atoms with Crippen LogP contribution in [0.25, 0.3) is 21.5 Å². The molecule has 0 aliphatic heterocycles. The van der Waals surface area contributed by atoms with Gasteiger partial charge in [-0.25, -0.2) is 0 Å².